The number of allylic oxidation sites excluding steroid dienone is 1. The lowest BCUT2D eigenvalue weighted by Crippen LogP contribution is -2.05. The second-order valence-corrected chi connectivity index (χ2v) is 12.6. The molecule has 9 rings (SSSR count). The molecule has 4 aromatic heterocycles. The van der Waals surface area contributed by atoms with Gasteiger partial charge in [-0.05, 0) is 78.9 Å². The molecule has 0 fully saturated rings. The summed E-state index contributed by atoms with van der Waals surface area (Å²) in [5, 5.41) is 6.08. The number of nitrogens with zero attached hydrogens (tertiary/aromatic N) is 4. The highest BCUT2D eigenvalue weighted by Gasteiger charge is 2.24. The minimum Gasteiger partial charge on any atom is -0.256 e. The van der Waals surface area contributed by atoms with Crippen LogP contribution >= 0.6 is 0 Å². The maximum atomic E-state index is 5.43. The number of rotatable bonds is 4. The van der Waals surface area contributed by atoms with E-state index in [1.165, 1.54) is 38.2 Å². The molecule has 0 saturated heterocycles. The van der Waals surface area contributed by atoms with Crippen molar-refractivity contribution in [2.75, 3.05) is 0 Å². The van der Waals surface area contributed by atoms with Crippen LogP contribution in [0.1, 0.15) is 28.8 Å². The summed E-state index contributed by atoms with van der Waals surface area (Å²) in [6.45, 7) is 4.56. The molecule has 4 heteroatoms. The quantitative estimate of drug-likeness (QED) is 0.146. The van der Waals surface area contributed by atoms with Crippen molar-refractivity contribution < 1.29 is 0 Å². The predicted octanol–water partition coefficient (Wildman–Crippen LogP) is 11.0. The van der Waals surface area contributed by atoms with Gasteiger partial charge in [0.2, 0.25) is 0 Å². The number of benzene rings is 4. The topological polar surface area (TPSA) is 51.6 Å². The van der Waals surface area contributed by atoms with Crippen LogP contribution in [0, 0.1) is 13.8 Å². The molecule has 0 aliphatic heterocycles. The van der Waals surface area contributed by atoms with Gasteiger partial charge in [0.25, 0.3) is 0 Å². The normalized spacial score (nSPS) is 12.5. The second kappa shape index (κ2) is 11.4. The number of aryl methyl sites for hydroxylation is 3. The van der Waals surface area contributed by atoms with Gasteiger partial charge in [0.15, 0.2) is 0 Å². The Balaban J connectivity index is 1.34. The van der Waals surface area contributed by atoms with E-state index < -0.39 is 0 Å². The molecular formula is C44H32N4. The van der Waals surface area contributed by atoms with Gasteiger partial charge in [-0.25, -0.2) is 4.98 Å². The van der Waals surface area contributed by atoms with Gasteiger partial charge in [0.05, 0.1) is 28.3 Å². The van der Waals surface area contributed by atoms with Gasteiger partial charge in [0.1, 0.15) is 0 Å². The van der Waals surface area contributed by atoms with Gasteiger partial charge in [-0.1, -0.05) is 91.0 Å². The smallest absolute Gasteiger partial charge is 0.0791 e. The molecule has 1 aliphatic carbocycles. The molecule has 0 radical (unpaired) electrons. The van der Waals surface area contributed by atoms with Gasteiger partial charge in [-0.3, -0.25) is 15.0 Å². The third-order valence-corrected chi connectivity index (χ3v) is 9.78. The molecule has 0 N–H and O–H groups in total. The summed E-state index contributed by atoms with van der Waals surface area (Å²) >= 11 is 0. The average molecular weight is 617 g/mol. The SMILES string of the molecule is Cc1c2c3c(nc(-c4ccc(-c5ccccn5)cc4)c2c(C)c2c1c(-c1ccc(-c4ccccn4)cc1)nc1ccccc12)CCC=C3. The summed E-state index contributed by atoms with van der Waals surface area (Å²) < 4.78 is 0. The van der Waals surface area contributed by atoms with Crippen molar-refractivity contribution in [2.45, 2.75) is 26.7 Å². The zero-order valence-corrected chi connectivity index (χ0v) is 26.9. The molecule has 0 atom stereocenters. The summed E-state index contributed by atoms with van der Waals surface area (Å²) in [4.78, 5) is 19.9. The van der Waals surface area contributed by atoms with Gasteiger partial charge < -0.3 is 0 Å². The van der Waals surface area contributed by atoms with Crippen molar-refractivity contribution in [3.8, 4) is 45.0 Å². The van der Waals surface area contributed by atoms with E-state index in [0.29, 0.717) is 0 Å². The molecule has 0 bridgehead atoms. The summed E-state index contributed by atoms with van der Waals surface area (Å²) in [6.07, 6.45) is 10.2. The Labute approximate surface area is 279 Å². The Kier molecular flexibility index (Phi) is 6.68. The van der Waals surface area contributed by atoms with Crippen LogP contribution < -0.4 is 0 Å². The Morgan fingerprint density at radius 1 is 0.500 bits per heavy atom. The van der Waals surface area contributed by atoms with Crippen molar-refractivity contribution in [2.24, 2.45) is 0 Å². The predicted molar refractivity (Wildman–Crippen MR) is 199 cm³/mol. The first kappa shape index (κ1) is 28.2. The van der Waals surface area contributed by atoms with Gasteiger partial charge in [-0.2, -0.15) is 0 Å². The van der Waals surface area contributed by atoms with E-state index in [0.717, 1.165) is 74.5 Å². The first-order chi connectivity index (χ1) is 23.7. The molecule has 48 heavy (non-hydrogen) atoms. The summed E-state index contributed by atoms with van der Waals surface area (Å²) in [7, 11) is 0. The number of aromatic nitrogens is 4. The number of hydrogen-bond acceptors (Lipinski definition) is 4. The second-order valence-electron chi connectivity index (χ2n) is 12.6. The number of hydrogen-bond donors (Lipinski definition) is 0. The van der Waals surface area contributed by atoms with Gasteiger partial charge >= 0.3 is 0 Å². The average Bonchev–Trinajstić information content (AvgIpc) is 3.16. The lowest BCUT2D eigenvalue weighted by Gasteiger charge is -2.23. The van der Waals surface area contributed by atoms with Crippen molar-refractivity contribution in [1.82, 2.24) is 19.9 Å². The maximum Gasteiger partial charge on any atom is 0.0791 e. The fourth-order valence-electron chi connectivity index (χ4n) is 7.49. The van der Waals surface area contributed by atoms with E-state index >= 15 is 0 Å². The molecule has 0 amide bonds. The monoisotopic (exact) mass is 616 g/mol. The zero-order valence-electron chi connectivity index (χ0n) is 26.9. The summed E-state index contributed by atoms with van der Waals surface area (Å²) in [5.74, 6) is 0. The van der Waals surface area contributed by atoms with Gasteiger partial charge in [-0.15, -0.1) is 0 Å². The Morgan fingerprint density at radius 2 is 1.04 bits per heavy atom. The fraction of sp³-hybridized carbons (Fsp3) is 0.0909. The third kappa shape index (κ3) is 4.52. The minimum absolute atomic E-state index is 0.926. The molecular weight excluding hydrogens is 585 g/mol. The highest BCUT2D eigenvalue weighted by atomic mass is 14.7. The number of fused-ring (bicyclic) bond motifs is 6. The van der Waals surface area contributed by atoms with Crippen LogP contribution in [-0.4, -0.2) is 19.9 Å². The lowest BCUT2D eigenvalue weighted by atomic mass is 9.84. The first-order valence-corrected chi connectivity index (χ1v) is 16.5. The summed E-state index contributed by atoms with van der Waals surface area (Å²) in [5.41, 5.74) is 14.2. The maximum absolute atomic E-state index is 5.43. The molecule has 4 heterocycles. The Hall–Kier alpha value is -6.00. The van der Waals surface area contributed by atoms with Crippen LogP contribution in [-0.2, 0) is 6.42 Å². The van der Waals surface area contributed by atoms with E-state index in [2.05, 4.69) is 115 Å². The molecule has 0 unspecified atom stereocenters. The Bertz CT molecular complexity index is 2540. The van der Waals surface area contributed by atoms with E-state index in [1.54, 1.807) is 0 Å². The molecule has 8 aromatic rings. The molecule has 4 aromatic carbocycles. The third-order valence-electron chi connectivity index (χ3n) is 9.78. The van der Waals surface area contributed by atoms with E-state index in [-0.39, 0.29) is 0 Å². The zero-order chi connectivity index (χ0) is 32.2. The van der Waals surface area contributed by atoms with E-state index in [9.17, 15) is 0 Å². The lowest BCUT2D eigenvalue weighted by molar-refractivity contribution is 0.935. The van der Waals surface area contributed by atoms with E-state index in [1.807, 2.05) is 42.7 Å². The van der Waals surface area contributed by atoms with Crippen LogP contribution in [0.4, 0.5) is 0 Å². The van der Waals surface area contributed by atoms with Crippen molar-refractivity contribution in [1.29, 1.82) is 0 Å². The largest absolute Gasteiger partial charge is 0.256 e. The van der Waals surface area contributed by atoms with Crippen molar-refractivity contribution >= 4 is 38.5 Å². The number of pyridine rings is 4. The molecule has 228 valence electrons. The first-order valence-electron chi connectivity index (χ1n) is 16.5. The van der Waals surface area contributed by atoms with Crippen LogP contribution in [0.3, 0.4) is 0 Å². The summed E-state index contributed by atoms with van der Waals surface area (Å²) in [6, 6.07) is 38.0. The number of para-hydroxylation sites is 1. The van der Waals surface area contributed by atoms with Crippen molar-refractivity contribution in [3.05, 3.63) is 150 Å². The standard InChI is InChI=1S/C44H32N4/c1-27-39-33-11-3-5-15-37(33)48-44(32-23-19-30(20-24-32)36-14-8-10-26-46-36)42(39)28(2)40-34-12-4-6-16-38(34)47-43(41(27)40)31-21-17-29(18-22-31)35-13-7-9-25-45-35/h3-5,7-15,17-26H,6,16H2,1-2H3. The highest BCUT2D eigenvalue weighted by molar-refractivity contribution is 6.22. The van der Waals surface area contributed by atoms with Crippen LogP contribution in [0.15, 0.2) is 128 Å². The minimum atomic E-state index is 0.926. The van der Waals surface area contributed by atoms with E-state index in [4.69, 9.17) is 9.97 Å². The van der Waals surface area contributed by atoms with Crippen LogP contribution in [0.5, 0.6) is 0 Å². The highest BCUT2D eigenvalue weighted by Crippen LogP contribution is 2.46. The van der Waals surface area contributed by atoms with Gasteiger partial charge in [0, 0.05) is 62.1 Å². The molecule has 4 nitrogen and oxygen atoms in total. The Morgan fingerprint density at radius 3 is 1.67 bits per heavy atom. The fourth-order valence-corrected chi connectivity index (χ4v) is 7.49. The van der Waals surface area contributed by atoms with Crippen LogP contribution in [0.25, 0.3) is 83.6 Å². The molecule has 0 spiro atoms. The molecule has 0 saturated carbocycles. The molecule has 1 aliphatic rings. The van der Waals surface area contributed by atoms with Crippen molar-refractivity contribution in [3.63, 3.8) is 0 Å². The van der Waals surface area contributed by atoms with Crippen LogP contribution in [0.2, 0.25) is 0 Å².